The van der Waals surface area contributed by atoms with Gasteiger partial charge < -0.3 is 19.8 Å². The zero-order valence-electron chi connectivity index (χ0n) is 18.1. The van der Waals surface area contributed by atoms with Crippen LogP contribution in [0.5, 0.6) is 0 Å². The largest absolute Gasteiger partial charge is 0.467 e. The topological polar surface area (TPSA) is 110 Å². The summed E-state index contributed by atoms with van der Waals surface area (Å²) in [6.07, 6.45) is 0.952. The first-order chi connectivity index (χ1) is 15.2. The molecule has 0 saturated heterocycles. The third kappa shape index (κ3) is 6.46. The summed E-state index contributed by atoms with van der Waals surface area (Å²) in [7, 11) is 0. The van der Waals surface area contributed by atoms with Crippen LogP contribution in [0, 0.1) is 0 Å². The molecule has 3 rings (SSSR count). The Morgan fingerprint density at radius 3 is 2.25 bits per heavy atom. The number of nitrogens with one attached hydrogen (secondary N) is 3. The molecule has 0 fully saturated rings. The summed E-state index contributed by atoms with van der Waals surface area (Å²) in [4.78, 5) is 37.1. The number of carbonyl (C=O) groups excluding carboxylic acids is 3. The lowest BCUT2D eigenvalue weighted by molar-refractivity contribution is 0.0635. The Balaban J connectivity index is 1.63. The van der Waals surface area contributed by atoms with Gasteiger partial charge in [-0.2, -0.15) is 0 Å². The van der Waals surface area contributed by atoms with Crippen molar-refractivity contribution in [1.82, 2.24) is 5.32 Å². The molecule has 0 aliphatic rings. The summed E-state index contributed by atoms with van der Waals surface area (Å²) >= 11 is 0. The number of furan rings is 1. The second-order valence-corrected chi connectivity index (χ2v) is 7.97. The molecule has 8 nitrogen and oxygen atoms in total. The number of ether oxygens (including phenoxy) is 1. The fraction of sp³-hybridized carbons (Fsp3) is 0.208. The van der Waals surface area contributed by atoms with E-state index in [0.717, 1.165) is 0 Å². The van der Waals surface area contributed by atoms with Gasteiger partial charge in [0, 0.05) is 11.3 Å². The van der Waals surface area contributed by atoms with E-state index in [0.29, 0.717) is 28.3 Å². The molecule has 1 heterocycles. The Morgan fingerprint density at radius 2 is 1.59 bits per heavy atom. The number of hydrogen-bond acceptors (Lipinski definition) is 5. The highest BCUT2D eigenvalue weighted by molar-refractivity contribution is 6.09. The summed E-state index contributed by atoms with van der Waals surface area (Å²) in [5, 5.41) is 8.13. The van der Waals surface area contributed by atoms with Gasteiger partial charge in [-0.3, -0.25) is 14.9 Å². The first-order valence-corrected chi connectivity index (χ1v) is 10.0. The Bertz CT molecular complexity index is 1080. The molecule has 0 unspecified atom stereocenters. The highest BCUT2D eigenvalue weighted by Crippen LogP contribution is 2.18. The minimum atomic E-state index is -0.610. The van der Waals surface area contributed by atoms with Crippen molar-refractivity contribution in [2.75, 3.05) is 10.6 Å². The Labute approximate surface area is 186 Å². The number of para-hydroxylation sites is 1. The van der Waals surface area contributed by atoms with Gasteiger partial charge in [0.1, 0.15) is 11.4 Å². The van der Waals surface area contributed by atoms with Crippen molar-refractivity contribution < 1.29 is 23.5 Å². The van der Waals surface area contributed by atoms with Gasteiger partial charge >= 0.3 is 6.09 Å². The molecule has 0 saturated carbocycles. The van der Waals surface area contributed by atoms with Crippen LogP contribution < -0.4 is 16.0 Å². The van der Waals surface area contributed by atoms with Crippen molar-refractivity contribution in [2.45, 2.75) is 32.9 Å². The van der Waals surface area contributed by atoms with Crippen LogP contribution in [0.1, 0.15) is 47.2 Å². The van der Waals surface area contributed by atoms with Gasteiger partial charge in [0.2, 0.25) is 0 Å². The minimum Gasteiger partial charge on any atom is -0.467 e. The molecule has 0 aliphatic heterocycles. The fourth-order valence-electron chi connectivity index (χ4n) is 2.79. The van der Waals surface area contributed by atoms with Gasteiger partial charge in [0.15, 0.2) is 0 Å². The van der Waals surface area contributed by atoms with Crippen LogP contribution in [-0.2, 0) is 11.3 Å². The van der Waals surface area contributed by atoms with Crippen LogP contribution in [0.2, 0.25) is 0 Å². The van der Waals surface area contributed by atoms with E-state index < -0.39 is 11.7 Å². The van der Waals surface area contributed by atoms with Crippen LogP contribution >= 0.6 is 0 Å². The maximum atomic E-state index is 12.7. The lowest BCUT2D eigenvalue weighted by atomic mass is 10.1. The number of amides is 3. The number of rotatable bonds is 6. The monoisotopic (exact) mass is 435 g/mol. The quantitative estimate of drug-likeness (QED) is 0.515. The maximum absolute atomic E-state index is 12.7. The molecule has 8 heteroatoms. The normalized spacial score (nSPS) is 10.8. The molecule has 2 aromatic carbocycles. The molecule has 166 valence electrons. The van der Waals surface area contributed by atoms with Crippen LogP contribution in [0.3, 0.4) is 0 Å². The van der Waals surface area contributed by atoms with Crippen molar-refractivity contribution in [3.8, 4) is 0 Å². The Hall–Kier alpha value is -4.07. The molecule has 0 spiro atoms. The third-order valence-corrected chi connectivity index (χ3v) is 4.22. The molecule has 3 aromatic rings. The molecular weight excluding hydrogens is 410 g/mol. The second kappa shape index (κ2) is 9.82. The first-order valence-electron chi connectivity index (χ1n) is 10.0. The van der Waals surface area contributed by atoms with Gasteiger partial charge in [-0.15, -0.1) is 0 Å². The lowest BCUT2D eigenvalue weighted by Crippen LogP contribution is -2.27. The average Bonchev–Trinajstić information content (AvgIpc) is 3.25. The molecular formula is C24H25N3O5. The van der Waals surface area contributed by atoms with Crippen LogP contribution in [0.15, 0.2) is 71.3 Å². The van der Waals surface area contributed by atoms with Crippen LogP contribution in [0.4, 0.5) is 16.2 Å². The molecule has 0 aliphatic carbocycles. The molecule has 3 N–H and O–H groups in total. The highest BCUT2D eigenvalue weighted by Gasteiger charge is 2.17. The average molecular weight is 435 g/mol. The molecule has 32 heavy (non-hydrogen) atoms. The summed E-state index contributed by atoms with van der Waals surface area (Å²) < 4.78 is 10.4. The third-order valence-electron chi connectivity index (χ3n) is 4.22. The van der Waals surface area contributed by atoms with Gasteiger partial charge in [0.05, 0.1) is 24.1 Å². The van der Waals surface area contributed by atoms with Crippen molar-refractivity contribution in [1.29, 1.82) is 0 Å². The summed E-state index contributed by atoms with van der Waals surface area (Å²) in [5.41, 5.74) is 0.960. The summed E-state index contributed by atoms with van der Waals surface area (Å²) in [6.45, 7) is 5.56. The van der Waals surface area contributed by atoms with Crippen molar-refractivity contribution in [3.63, 3.8) is 0 Å². The van der Waals surface area contributed by atoms with Gasteiger partial charge in [-0.05, 0) is 69.3 Å². The van der Waals surface area contributed by atoms with Crippen LogP contribution in [-0.4, -0.2) is 23.5 Å². The van der Waals surface area contributed by atoms with E-state index in [4.69, 9.17) is 9.15 Å². The molecule has 0 atom stereocenters. The summed E-state index contributed by atoms with van der Waals surface area (Å²) in [6, 6.07) is 16.6. The SMILES string of the molecule is CC(C)(C)OC(=O)Nc1ccc(C(=O)Nc2ccccc2C(=O)NCc2ccco2)cc1. The number of anilines is 2. The van der Waals surface area contributed by atoms with E-state index in [1.807, 2.05) is 0 Å². The van der Waals surface area contributed by atoms with E-state index in [1.165, 1.54) is 6.26 Å². The van der Waals surface area contributed by atoms with Crippen LogP contribution in [0.25, 0.3) is 0 Å². The molecule has 0 bridgehead atoms. The number of hydrogen-bond donors (Lipinski definition) is 3. The Morgan fingerprint density at radius 1 is 0.875 bits per heavy atom. The molecule has 1 aromatic heterocycles. The van der Waals surface area contributed by atoms with E-state index >= 15 is 0 Å². The minimum absolute atomic E-state index is 0.236. The van der Waals surface area contributed by atoms with Crippen molar-refractivity contribution >= 4 is 29.3 Å². The Kier molecular flexibility index (Phi) is 6.94. The second-order valence-electron chi connectivity index (χ2n) is 7.97. The zero-order valence-corrected chi connectivity index (χ0v) is 18.1. The van der Waals surface area contributed by atoms with E-state index in [-0.39, 0.29) is 18.4 Å². The maximum Gasteiger partial charge on any atom is 0.412 e. The predicted molar refractivity (Wildman–Crippen MR) is 121 cm³/mol. The number of carbonyl (C=O) groups is 3. The molecule has 0 radical (unpaired) electrons. The highest BCUT2D eigenvalue weighted by atomic mass is 16.6. The standard InChI is InChI=1S/C24H25N3O5/c1-24(2,3)32-23(30)26-17-12-10-16(11-13-17)21(28)27-20-9-5-4-8-19(20)22(29)25-15-18-7-6-14-31-18/h4-14H,15H2,1-3H3,(H,25,29)(H,26,30)(H,27,28). The smallest absolute Gasteiger partial charge is 0.412 e. The predicted octanol–water partition coefficient (Wildman–Crippen LogP) is 4.81. The fourth-order valence-corrected chi connectivity index (χ4v) is 2.79. The van der Waals surface area contributed by atoms with Crippen molar-refractivity contribution in [3.05, 3.63) is 83.8 Å². The lowest BCUT2D eigenvalue weighted by Gasteiger charge is -2.19. The molecule has 3 amide bonds. The van der Waals surface area contributed by atoms with E-state index in [9.17, 15) is 14.4 Å². The zero-order chi connectivity index (χ0) is 23.1. The van der Waals surface area contributed by atoms with Gasteiger partial charge in [-0.1, -0.05) is 12.1 Å². The van der Waals surface area contributed by atoms with Gasteiger partial charge in [0.25, 0.3) is 11.8 Å². The van der Waals surface area contributed by atoms with E-state index in [2.05, 4.69) is 16.0 Å². The first kappa shape index (κ1) is 22.6. The summed E-state index contributed by atoms with van der Waals surface area (Å²) in [5.74, 6) is -0.103. The number of benzene rings is 2. The van der Waals surface area contributed by atoms with Gasteiger partial charge in [-0.25, -0.2) is 4.79 Å². The van der Waals surface area contributed by atoms with E-state index in [1.54, 1.807) is 81.4 Å². The van der Waals surface area contributed by atoms with Crippen molar-refractivity contribution in [2.24, 2.45) is 0 Å².